The van der Waals surface area contributed by atoms with Crippen molar-refractivity contribution < 1.29 is 16.8 Å². The summed E-state index contributed by atoms with van der Waals surface area (Å²) >= 11 is 6.76. The minimum atomic E-state index is -3.71. The van der Waals surface area contributed by atoms with Gasteiger partial charge in [0.15, 0.2) is 0 Å². The van der Waals surface area contributed by atoms with Crippen molar-refractivity contribution in [2.45, 2.75) is 36.6 Å². The fraction of sp³-hybridized carbons (Fsp3) is 0.368. The Balaban J connectivity index is 1.84. The minimum absolute atomic E-state index is 0.103. The second kappa shape index (κ2) is 8.39. The molecule has 1 heterocycles. The van der Waals surface area contributed by atoms with Crippen LogP contribution in [0.4, 0.5) is 0 Å². The molecule has 0 amide bonds. The van der Waals surface area contributed by atoms with Gasteiger partial charge < -0.3 is 0 Å². The summed E-state index contributed by atoms with van der Waals surface area (Å²) in [4.78, 5) is 0.426. The summed E-state index contributed by atoms with van der Waals surface area (Å²) in [6.07, 6.45) is 0. The van der Waals surface area contributed by atoms with E-state index in [1.807, 2.05) is 13.8 Å². The maximum Gasteiger partial charge on any atom is 0.243 e. The number of hydrogen-bond acceptors (Lipinski definition) is 4. The van der Waals surface area contributed by atoms with Crippen molar-refractivity contribution >= 4 is 51.9 Å². The van der Waals surface area contributed by atoms with E-state index in [1.165, 1.54) is 8.61 Å². The topological polar surface area (TPSA) is 74.8 Å². The lowest BCUT2D eigenvalue weighted by atomic mass is 10.2. The van der Waals surface area contributed by atoms with E-state index in [0.717, 1.165) is 20.1 Å². The summed E-state index contributed by atoms with van der Waals surface area (Å²) in [5.74, 6) is 0. The Morgan fingerprint density at radius 1 is 0.828 bits per heavy atom. The van der Waals surface area contributed by atoms with E-state index in [1.54, 1.807) is 43.3 Å². The standard InChI is InChI=1S/C19H22Br2N2O4S2/c1-13-10-16(4-6-18(13)20)28(24,25)22-8-9-23(15(3)12-22)29(26,27)17-5-7-19(21)14(2)11-17/h4-7,10-11,15H,8-9,12H2,1-3H3. The second-order valence-corrected chi connectivity index (χ2v) is 12.7. The van der Waals surface area contributed by atoms with Gasteiger partial charge in [-0.3, -0.25) is 0 Å². The number of hydrogen-bond donors (Lipinski definition) is 0. The molecule has 1 unspecified atom stereocenters. The van der Waals surface area contributed by atoms with Crippen LogP contribution in [0.25, 0.3) is 0 Å². The van der Waals surface area contributed by atoms with Crippen LogP contribution in [0.5, 0.6) is 0 Å². The van der Waals surface area contributed by atoms with Crippen molar-refractivity contribution in [3.8, 4) is 0 Å². The van der Waals surface area contributed by atoms with Gasteiger partial charge in [-0.25, -0.2) is 16.8 Å². The van der Waals surface area contributed by atoms with Crippen LogP contribution in [0, 0.1) is 13.8 Å². The van der Waals surface area contributed by atoms with Gasteiger partial charge in [-0.2, -0.15) is 8.61 Å². The molecule has 1 aliphatic heterocycles. The van der Waals surface area contributed by atoms with Gasteiger partial charge in [0.2, 0.25) is 20.0 Å². The summed E-state index contributed by atoms with van der Waals surface area (Å²) in [5.41, 5.74) is 1.65. The molecule has 0 aliphatic carbocycles. The zero-order valence-electron chi connectivity index (χ0n) is 16.3. The molecule has 2 aromatic carbocycles. The zero-order valence-corrected chi connectivity index (χ0v) is 21.1. The average Bonchev–Trinajstić information content (AvgIpc) is 2.65. The van der Waals surface area contributed by atoms with E-state index >= 15 is 0 Å². The predicted molar refractivity (Wildman–Crippen MR) is 120 cm³/mol. The maximum atomic E-state index is 13.1. The van der Waals surface area contributed by atoms with Gasteiger partial charge in [0, 0.05) is 34.6 Å². The average molecular weight is 566 g/mol. The Morgan fingerprint density at radius 2 is 1.31 bits per heavy atom. The highest BCUT2D eigenvalue weighted by atomic mass is 79.9. The Morgan fingerprint density at radius 3 is 1.76 bits per heavy atom. The molecule has 0 N–H and O–H groups in total. The van der Waals surface area contributed by atoms with E-state index in [0.29, 0.717) is 0 Å². The van der Waals surface area contributed by atoms with Crippen molar-refractivity contribution in [3.63, 3.8) is 0 Å². The number of aryl methyl sites for hydroxylation is 2. The summed E-state index contributed by atoms with van der Waals surface area (Å²) in [7, 11) is -7.41. The SMILES string of the molecule is Cc1cc(S(=O)(=O)N2CCN(S(=O)(=O)c3ccc(Br)c(C)c3)C(C)C2)ccc1Br. The van der Waals surface area contributed by atoms with Gasteiger partial charge in [-0.1, -0.05) is 31.9 Å². The lowest BCUT2D eigenvalue weighted by Gasteiger charge is -2.38. The smallest absolute Gasteiger partial charge is 0.207 e. The summed E-state index contributed by atoms with van der Waals surface area (Å²) in [5, 5.41) is 0. The van der Waals surface area contributed by atoms with Crippen LogP contribution in [-0.4, -0.2) is 51.1 Å². The summed E-state index contributed by atoms with van der Waals surface area (Å²) in [6.45, 7) is 5.71. The molecule has 1 aliphatic rings. The van der Waals surface area contributed by atoms with Crippen LogP contribution in [0.1, 0.15) is 18.1 Å². The molecule has 1 atom stereocenters. The largest absolute Gasteiger partial charge is 0.243 e. The predicted octanol–water partition coefficient (Wildman–Crippen LogP) is 3.91. The number of halogens is 2. The number of sulfonamides is 2. The van der Waals surface area contributed by atoms with Gasteiger partial charge >= 0.3 is 0 Å². The maximum absolute atomic E-state index is 13.1. The number of piperazine rings is 1. The Bertz CT molecular complexity index is 1150. The molecule has 10 heteroatoms. The lowest BCUT2D eigenvalue weighted by Crippen LogP contribution is -2.55. The molecule has 3 rings (SSSR count). The molecule has 29 heavy (non-hydrogen) atoms. The Labute approximate surface area is 189 Å². The Hall–Kier alpha value is -0.780. The molecule has 6 nitrogen and oxygen atoms in total. The normalized spacial score (nSPS) is 19.4. The molecule has 0 spiro atoms. The summed E-state index contributed by atoms with van der Waals surface area (Å²) < 4.78 is 56.7. The van der Waals surface area contributed by atoms with Crippen LogP contribution in [-0.2, 0) is 20.0 Å². The minimum Gasteiger partial charge on any atom is -0.207 e. The highest BCUT2D eigenvalue weighted by Gasteiger charge is 2.38. The molecular weight excluding hydrogens is 544 g/mol. The molecule has 0 saturated carbocycles. The van der Waals surface area contributed by atoms with Crippen molar-refractivity contribution in [2.75, 3.05) is 19.6 Å². The first-order valence-electron chi connectivity index (χ1n) is 8.99. The monoisotopic (exact) mass is 564 g/mol. The Kier molecular flexibility index (Phi) is 6.63. The third kappa shape index (κ3) is 4.47. The van der Waals surface area contributed by atoms with Crippen molar-refractivity contribution in [2.24, 2.45) is 0 Å². The van der Waals surface area contributed by atoms with Gasteiger partial charge in [-0.05, 0) is 68.3 Å². The first-order valence-corrected chi connectivity index (χ1v) is 13.5. The number of benzene rings is 2. The van der Waals surface area contributed by atoms with E-state index in [2.05, 4.69) is 31.9 Å². The van der Waals surface area contributed by atoms with Crippen molar-refractivity contribution in [3.05, 3.63) is 56.5 Å². The molecule has 1 saturated heterocycles. The first kappa shape index (κ1) is 22.9. The van der Waals surface area contributed by atoms with Crippen LogP contribution < -0.4 is 0 Å². The van der Waals surface area contributed by atoms with Crippen LogP contribution in [0.15, 0.2) is 55.1 Å². The zero-order chi connectivity index (χ0) is 21.6. The molecule has 0 bridgehead atoms. The molecule has 2 aromatic rings. The summed E-state index contributed by atoms with van der Waals surface area (Å²) in [6, 6.07) is 9.31. The number of rotatable bonds is 4. The van der Waals surface area contributed by atoms with Crippen molar-refractivity contribution in [1.29, 1.82) is 0 Å². The van der Waals surface area contributed by atoms with Crippen molar-refractivity contribution in [1.82, 2.24) is 8.61 Å². The third-order valence-corrected chi connectivity index (χ3v) is 10.7. The van der Waals surface area contributed by atoms with E-state index < -0.39 is 26.1 Å². The second-order valence-electron chi connectivity index (χ2n) is 7.15. The molecule has 1 fully saturated rings. The fourth-order valence-electron chi connectivity index (χ4n) is 3.32. The van der Waals surface area contributed by atoms with Gasteiger partial charge in [-0.15, -0.1) is 0 Å². The van der Waals surface area contributed by atoms with E-state index in [9.17, 15) is 16.8 Å². The van der Waals surface area contributed by atoms with Crippen LogP contribution in [0.2, 0.25) is 0 Å². The first-order chi connectivity index (χ1) is 13.4. The lowest BCUT2D eigenvalue weighted by molar-refractivity contribution is 0.212. The quantitative estimate of drug-likeness (QED) is 0.563. The van der Waals surface area contributed by atoms with E-state index in [-0.39, 0.29) is 29.4 Å². The van der Waals surface area contributed by atoms with E-state index in [4.69, 9.17) is 0 Å². The molecular formula is C19H22Br2N2O4S2. The van der Waals surface area contributed by atoms with Crippen LogP contribution >= 0.6 is 31.9 Å². The van der Waals surface area contributed by atoms with Gasteiger partial charge in [0.25, 0.3) is 0 Å². The van der Waals surface area contributed by atoms with Gasteiger partial charge in [0.1, 0.15) is 0 Å². The third-order valence-electron chi connectivity index (χ3n) is 5.03. The van der Waals surface area contributed by atoms with Gasteiger partial charge in [0.05, 0.1) is 9.79 Å². The highest BCUT2D eigenvalue weighted by molar-refractivity contribution is 9.10. The highest BCUT2D eigenvalue weighted by Crippen LogP contribution is 2.28. The molecule has 0 aromatic heterocycles. The molecule has 158 valence electrons. The molecule has 0 radical (unpaired) electrons. The van der Waals surface area contributed by atoms with Crippen LogP contribution in [0.3, 0.4) is 0 Å². The fourth-order valence-corrected chi connectivity index (χ4v) is 7.11. The number of nitrogens with zero attached hydrogens (tertiary/aromatic N) is 2.